The van der Waals surface area contributed by atoms with Gasteiger partial charge in [0.15, 0.2) is 11.6 Å². The van der Waals surface area contributed by atoms with Crippen molar-refractivity contribution >= 4 is 35.2 Å². The molecule has 0 bridgehead atoms. The van der Waals surface area contributed by atoms with Gasteiger partial charge in [0.1, 0.15) is 0 Å². The Bertz CT molecular complexity index is 821. The van der Waals surface area contributed by atoms with Gasteiger partial charge in [-0.2, -0.15) is 0 Å². The normalized spacial score (nSPS) is 10.7. The Labute approximate surface area is 141 Å². The van der Waals surface area contributed by atoms with Crippen molar-refractivity contribution in [1.82, 2.24) is 0 Å². The first-order valence-electron chi connectivity index (χ1n) is 6.78. The van der Waals surface area contributed by atoms with E-state index in [1.54, 1.807) is 24.3 Å². The van der Waals surface area contributed by atoms with E-state index in [9.17, 15) is 18.4 Å². The second-order valence-corrected chi connectivity index (χ2v) is 5.14. The van der Waals surface area contributed by atoms with E-state index in [1.807, 2.05) is 0 Å². The van der Waals surface area contributed by atoms with E-state index in [0.717, 1.165) is 31.2 Å². The largest absolute Gasteiger partial charge is 0.420 e. The van der Waals surface area contributed by atoms with Gasteiger partial charge < -0.3 is 10.1 Å². The molecule has 24 heavy (non-hydrogen) atoms. The lowest BCUT2D eigenvalue weighted by Gasteiger charge is -2.06. The number of halogens is 3. The van der Waals surface area contributed by atoms with Crippen molar-refractivity contribution in [3.63, 3.8) is 0 Å². The third-order valence-corrected chi connectivity index (χ3v) is 3.07. The summed E-state index contributed by atoms with van der Waals surface area (Å²) in [5, 5.41) is 2.99. The highest BCUT2D eigenvalue weighted by Crippen LogP contribution is 2.25. The summed E-state index contributed by atoms with van der Waals surface area (Å²) in [7, 11) is 0. The lowest BCUT2D eigenvalue weighted by atomic mass is 10.1. The Balaban J connectivity index is 2.16. The molecular formula is C17H12ClF2NO3. The number of hydrogen-bond acceptors (Lipinski definition) is 3. The van der Waals surface area contributed by atoms with E-state index in [-0.39, 0.29) is 5.56 Å². The molecule has 0 aliphatic heterocycles. The van der Waals surface area contributed by atoms with Crippen molar-refractivity contribution in [2.45, 2.75) is 6.92 Å². The number of nitrogens with one attached hydrogen (secondary N) is 1. The van der Waals surface area contributed by atoms with E-state index < -0.39 is 29.3 Å². The highest BCUT2D eigenvalue weighted by molar-refractivity contribution is 6.30. The maximum Gasteiger partial charge on any atom is 0.308 e. The monoisotopic (exact) mass is 351 g/mol. The van der Waals surface area contributed by atoms with Gasteiger partial charge in [-0.15, -0.1) is 0 Å². The highest BCUT2D eigenvalue weighted by Gasteiger charge is 2.15. The minimum absolute atomic E-state index is 0.103. The van der Waals surface area contributed by atoms with Gasteiger partial charge in [-0.05, 0) is 36.4 Å². The number of rotatable bonds is 4. The number of ether oxygens (including phenoxy) is 1. The third-order valence-electron chi connectivity index (χ3n) is 2.83. The van der Waals surface area contributed by atoms with Crippen LogP contribution in [0.2, 0.25) is 5.02 Å². The van der Waals surface area contributed by atoms with Crippen molar-refractivity contribution < 1.29 is 23.1 Å². The molecule has 0 radical (unpaired) electrons. The second-order valence-electron chi connectivity index (χ2n) is 4.71. The number of benzene rings is 2. The molecule has 2 rings (SSSR count). The van der Waals surface area contributed by atoms with Crippen LogP contribution in [-0.2, 0) is 9.59 Å². The van der Waals surface area contributed by atoms with Crippen LogP contribution in [0.15, 0.2) is 42.5 Å². The van der Waals surface area contributed by atoms with Crippen LogP contribution in [0.3, 0.4) is 0 Å². The standard InChI is InChI=1S/C17H12ClF2NO3/c1-10(22)24-17-14(19)7-5-11(16(17)20)6-8-15(23)21-13-4-2-3-12(18)9-13/h2-9H,1H3,(H,21,23)/b8-6+. The predicted molar refractivity (Wildman–Crippen MR) is 86.8 cm³/mol. The van der Waals surface area contributed by atoms with Gasteiger partial charge in [-0.1, -0.05) is 17.7 Å². The Morgan fingerprint density at radius 2 is 1.96 bits per heavy atom. The molecule has 0 heterocycles. The topological polar surface area (TPSA) is 55.4 Å². The molecule has 1 amide bonds. The number of carbonyl (C=O) groups is 2. The molecule has 0 aromatic heterocycles. The zero-order valence-corrected chi connectivity index (χ0v) is 13.2. The molecule has 7 heteroatoms. The molecule has 124 valence electrons. The smallest absolute Gasteiger partial charge is 0.308 e. The molecule has 0 fully saturated rings. The molecule has 0 atom stereocenters. The maximum atomic E-state index is 14.1. The summed E-state index contributed by atoms with van der Waals surface area (Å²) in [6.45, 7) is 1.03. The Morgan fingerprint density at radius 3 is 2.62 bits per heavy atom. The SMILES string of the molecule is CC(=O)Oc1c(F)ccc(/C=C/C(=O)Nc2cccc(Cl)c2)c1F. The van der Waals surface area contributed by atoms with Crippen LogP contribution in [0.4, 0.5) is 14.5 Å². The highest BCUT2D eigenvalue weighted by atomic mass is 35.5. The molecule has 0 unspecified atom stereocenters. The zero-order valence-electron chi connectivity index (χ0n) is 12.5. The Hall–Kier alpha value is -2.73. The number of hydrogen-bond donors (Lipinski definition) is 1. The summed E-state index contributed by atoms with van der Waals surface area (Å²) in [5.74, 6) is -4.28. The van der Waals surface area contributed by atoms with Crippen LogP contribution in [-0.4, -0.2) is 11.9 Å². The summed E-state index contributed by atoms with van der Waals surface area (Å²) >= 11 is 5.80. The summed E-state index contributed by atoms with van der Waals surface area (Å²) in [5.41, 5.74) is 0.367. The average molecular weight is 352 g/mol. The van der Waals surface area contributed by atoms with Gasteiger partial charge in [0.25, 0.3) is 0 Å². The number of esters is 1. The fraction of sp³-hybridized carbons (Fsp3) is 0.0588. The fourth-order valence-electron chi connectivity index (χ4n) is 1.83. The Morgan fingerprint density at radius 1 is 1.21 bits per heavy atom. The zero-order chi connectivity index (χ0) is 17.7. The first-order valence-corrected chi connectivity index (χ1v) is 7.15. The van der Waals surface area contributed by atoms with Crippen LogP contribution in [0.25, 0.3) is 6.08 Å². The molecule has 0 aliphatic carbocycles. The molecule has 0 aliphatic rings. The third kappa shape index (κ3) is 4.63. The van der Waals surface area contributed by atoms with Crippen LogP contribution in [0, 0.1) is 11.6 Å². The molecule has 0 spiro atoms. The van der Waals surface area contributed by atoms with E-state index >= 15 is 0 Å². The van der Waals surface area contributed by atoms with Gasteiger partial charge in [0.2, 0.25) is 11.7 Å². The van der Waals surface area contributed by atoms with Crippen molar-refractivity contribution in [3.8, 4) is 5.75 Å². The molecule has 2 aromatic carbocycles. The van der Waals surface area contributed by atoms with Crippen LogP contribution < -0.4 is 10.1 Å². The lowest BCUT2D eigenvalue weighted by molar-refractivity contribution is -0.132. The lowest BCUT2D eigenvalue weighted by Crippen LogP contribution is -2.08. The van der Waals surface area contributed by atoms with E-state index in [4.69, 9.17) is 11.6 Å². The number of amides is 1. The van der Waals surface area contributed by atoms with Crippen molar-refractivity contribution in [1.29, 1.82) is 0 Å². The van der Waals surface area contributed by atoms with Gasteiger partial charge in [-0.25, -0.2) is 8.78 Å². The molecular weight excluding hydrogens is 340 g/mol. The van der Waals surface area contributed by atoms with E-state index in [1.165, 1.54) is 0 Å². The predicted octanol–water partition coefficient (Wildman–Crippen LogP) is 4.20. The number of carbonyl (C=O) groups excluding carboxylic acids is 2. The summed E-state index contributed by atoms with van der Waals surface area (Å²) in [4.78, 5) is 22.7. The van der Waals surface area contributed by atoms with Crippen LogP contribution in [0.5, 0.6) is 5.75 Å². The molecule has 4 nitrogen and oxygen atoms in total. The van der Waals surface area contributed by atoms with E-state index in [2.05, 4.69) is 10.1 Å². The van der Waals surface area contributed by atoms with Gasteiger partial charge in [0, 0.05) is 29.3 Å². The minimum Gasteiger partial charge on any atom is -0.420 e. The van der Waals surface area contributed by atoms with Crippen molar-refractivity contribution in [2.75, 3.05) is 5.32 Å². The first-order chi connectivity index (χ1) is 11.4. The number of anilines is 1. The van der Waals surface area contributed by atoms with Gasteiger partial charge in [0.05, 0.1) is 0 Å². The van der Waals surface area contributed by atoms with Crippen LogP contribution in [0.1, 0.15) is 12.5 Å². The average Bonchev–Trinajstić information content (AvgIpc) is 2.50. The summed E-state index contributed by atoms with van der Waals surface area (Å²) < 4.78 is 32.1. The molecule has 2 aromatic rings. The quantitative estimate of drug-likeness (QED) is 0.510. The minimum atomic E-state index is -1.07. The molecule has 0 saturated carbocycles. The van der Waals surface area contributed by atoms with Gasteiger partial charge in [-0.3, -0.25) is 9.59 Å². The molecule has 0 saturated heterocycles. The van der Waals surface area contributed by atoms with E-state index in [0.29, 0.717) is 10.7 Å². The maximum absolute atomic E-state index is 14.1. The van der Waals surface area contributed by atoms with Gasteiger partial charge >= 0.3 is 5.97 Å². The summed E-state index contributed by atoms with van der Waals surface area (Å²) in [6.07, 6.45) is 2.20. The second kappa shape index (κ2) is 7.70. The first kappa shape index (κ1) is 17.6. The Kier molecular flexibility index (Phi) is 5.65. The van der Waals surface area contributed by atoms with Crippen molar-refractivity contribution in [3.05, 3.63) is 64.7 Å². The van der Waals surface area contributed by atoms with Crippen LogP contribution >= 0.6 is 11.6 Å². The fourth-order valence-corrected chi connectivity index (χ4v) is 2.02. The molecule has 1 N–H and O–H groups in total. The summed E-state index contributed by atoms with van der Waals surface area (Å²) in [6, 6.07) is 8.56. The van der Waals surface area contributed by atoms with Crippen molar-refractivity contribution in [2.24, 2.45) is 0 Å².